The van der Waals surface area contributed by atoms with Crippen LogP contribution in [0.2, 0.25) is 0 Å². The molecule has 1 aliphatic heterocycles. The number of anilines is 1. The van der Waals surface area contributed by atoms with Crippen molar-refractivity contribution in [2.75, 3.05) is 18.4 Å². The fourth-order valence-corrected chi connectivity index (χ4v) is 4.36. The smallest absolute Gasteiger partial charge is 0.407 e. The average Bonchev–Trinajstić information content (AvgIpc) is 2.78. The number of H-pyrrole nitrogens is 1. The minimum atomic E-state index is -2.94. The van der Waals surface area contributed by atoms with Gasteiger partial charge in [-0.15, -0.1) is 0 Å². The lowest BCUT2D eigenvalue weighted by molar-refractivity contribution is 0.132. The number of hydrogen-bond donors (Lipinski definition) is 3. The van der Waals surface area contributed by atoms with Crippen molar-refractivity contribution in [3.63, 3.8) is 0 Å². The Kier molecular flexibility index (Phi) is 6.45. The number of nitrogens with zero attached hydrogens (tertiary/aromatic N) is 3. The Bertz CT molecular complexity index is 1290. The molecule has 0 unspecified atom stereocenters. The summed E-state index contributed by atoms with van der Waals surface area (Å²) in [5.41, 5.74) is -0.136. The second kappa shape index (κ2) is 9.32. The first-order chi connectivity index (χ1) is 16.2. The molecule has 3 heterocycles. The van der Waals surface area contributed by atoms with Crippen molar-refractivity contribution in [1.29, 1.82) is 0 Å². The molecule has 0 aliphatic carbocycles. The highest BCUT2D eigenvalue weighted by atomic mass is 19.3. The van der Waals surface area contributed by atoms with E-state index in [1.807, 2.05) is 0 Å². The number of rotatable bonds is 5. The van der Waals surface area contributed by atoms with Crippen LogP contribution in [0.4, 0.5) is 23.8 Å². The molecule has 0 saturated carbocycles. The van der Waals surface area contributed by atoms with Gasteiger partial charge in [0.05, 0.1) is 17.0 Å². The Balaban J connectivity index is 1.69. The van der Waals surface area contributed by atoms with E-state index in [-0.39, 0.29) is 17.0 Å². The number of aryl methyl sites for hydroxylation is 1. The maximum atomic E-state index is 14.7. The number of carboxylic acid groups (broad SMARTS) is 1. The SMILES string of the molecule is Cc1nc(N[C@H](C)c2cccc(C(F)F)c2F)c2cc(C3CCN(C(=O)O)CC3)c(=O)[nH]c2n1. The molecule has 8 nitrogen and oxygen atoms in total. The molecular formula is C23H24F3N5O3. The third-order valence-electron chi connectivity index (χ3n) is 6.17. The molecular weight excluding hydrogens is 451 g/mol. The molecule has 1 saturated heterocycles. The molecule has 1 atom stereocenters. The second-order valence-corrected chi connectivity index (χ2v) is 8.40. The Morgan fingerprint density at radius 2 is 1.91 bits per heavy atom. The molecule has 180 valence electrons. The predicted molar refractivity (Wildman–Crippen MR) is 120 cm³/mol. The molecule has 3 N–H and O–H groups in total. The zero-order valence-corrected chi connectivity index (χ0v) is 18.6. The quantitative estimate of drug-likeness (QED) is 0.492. The van der Waals surface area contributed by atoms with Crippen molar-refractivity contribution in [3.05, 3.63) is 63.0 Å². The van der Waals surface area contributed by atoms with Gasteiger partial charge >= 0.3 is 6.09 Å². The van der Waals surface area contributed by atoms with Crippen LogP contribution in [0.1, 0.15) is 60.7 Å². The molecule has 1 aromatic carbocycles. The number of aromatic nitrogens is 3. The third kappa shape index (κ3) is 4.55. The first-order valence-corrected chi connectivity index (χ1v) is 10.9. The summed E-state index contributed by atoms with van der Waals surface area (Å²) in [6.45, 7) is 3.92. The van der Waals surface area contributed by atoms with Gasteiger partial charge in [-0.25, -0.2) is 27.9 Å². The molecule has 11 heteroatoms. The van der Waals surface area contributed by atoms with Gasteiger partial charge in [-0.1, -0.05) is 18.2 Å². The van der Waals surface area contributed by atoms with Crippen LogP contribution >= 0.6 is 0 Å². The van der Waals surface area contributed by atoms with E-state index in [9.17, 15) is 22.8 Å². The number of pyridine rings is 1. The average molecular weight is 475 g/mol. The molecule has 3 aromatic rings. The number of alkyl halides is 2. The molecule has 2 aromatic heterocycles. The van der Waals surface area contributed by atoms with E-state index < -0.39 is 29.9 Å². The van der Waals surface area contributed by atoms with Gasteiger partial charge in [-0.05, 0) is 38.7 Å². The number of hydrogen-bond acceptors (Lipinski definition) is 5. The van der Waals surface area contributed by atoms with Crippen LogP contribution in [-0.4, -0.2) is 44.1 Å². The minimum Gasteiger partial charge on any atom is -0.465 e. The van der Waals surface area contributed by atoms with Gasteiger partial charge in [0.2, 0.25) is 0 Å². The lowest BCUT2D eigenvalue weighted by atomic mass is 9.90. The van der Waals surface area contributed by atoms with Crippen molar-refractivity contribution < 1.29 is 23.1 Å². The van der Waals surface area contributed by atoms with E-state index in [2.05, 4.69) is 20.3 Å². The zero-order valence-electron chi connectivity index (χ0n) is 18.6. The maximum Gasteiger partial charge on any atom is 0.407 e. The monoisotopic (exact) mass is 475 g/mol. The summed E-state index contributed by atoms with van der Waals surface area (Å²) >= 11 is 0. The Hall–Kier alpha value is -3.63. The molecule has 34 heavy (non-hydrogen) atoms. The second-order valence-electron chi connectivity index (χ2n) is 8.40. The Morgan fingerprint density at radius 1 is 1.24 bits per heavy atom. The van der Waals surface area contributed by atoms with E-state index in [1.54, 1.807) is 19.9 Å². The van der Waals surface area contributed by atoms with Gasteiger partial charge in [0.25, 0.3) is 12.0 Å². The zero-order chi connectivity index (χ0) is 24.6. The summed E-state index contributed by atoms with van der Waals surface area (Å²) in [6.07, 6.45) is -2.93. The topological polar surface area (TPSA) is 111 Å². The number of benzene rings is 1. The van der Waals surface area contributed by atoms with Crippen LogP contribution in [0.25, 0.3) is 11.0 Å². The summed E-state index contributed by atoms with van der Waals surface area (Å²) < 4.78 is 40.9. The van der Waals surface area contributed by atoms with Gasteiger partial charge in [0, 0.05) is 24.2 Å². The summed E-state index contributed by atoms with van der Waals surface area (Å²) in [7, 11) is 0. The highest BCUT2D eigenvalue weighted by Gasteiger charge is 2.26. The number of halogens is 3. The lowest BCUT2D eigenvalue weighted by Crippen LogP contribution is -2.37. The van der Waals surface area contributed by atoms with Crippen LogP contribution in [0.5, 0.6) is 0 Å². The van der Waals surface area contributed by atoms with Gasteiger partial charge in [0.15, 0.2) is 0 Å². The van der Waals surface area contributed by atoms with Crippen LogP contribution < -0.4 is 10.9 Å². The van der Waals surface area contributed by atoms with E-state index in [0.717, 1.165) is 6.07 Å². The molecule has 1 fully saturated rings. The molecule has 4 rings (SSSR count). The number of carbonyl (C=O) groups is 1. The third-order valence-corrected chi connectivity index (χ3v) is 6.17. The lowest BCUT2D eigenvalue weighted by Gasteiger charge is -2.29. The standard InChI is InChI=1S/C23H24F3N5O3/c1-11(14-4-3-5-15(18(14)24)19(25)26)27-20-17-10-16(13-6-8-31(9-7-13)23(33)34)22(32)30-21(17)29-12(2)28-20/h3-5,10-11,13,19H,6-9H2,1-2H3,(H,33,34)(H2,27,28,29,30,32)/t11-/m1/s1. The summed E-state index contributed by atoms with van der Waals surface area (Å²) in [6, 6.07) is 4.83. The highest BCUT2D eigenvalue weighted by molar-refractivity contribution is 5.87. The largest absolute Gasteiger partial charge is 0.465 e. The van der Waals surface area contributed by atoms with Gasteiger partial charge in [-0.3, -0.25) is 4.79 Å². The van der Waals surface area contributed by atoms with Crippen molar-refractivity contribution >= 4 is 22.9 Å². The van der Waals surface area contributed by atoms with E-state index >= 15 is 0 Å². The number of piperidine rings is 1. The number of likely N-dealkylation sites (tertiary alicyclic amines) is 1. The maximum absolute atomic E-state index is 14.7. The highest BCUT2D eigenvalue weighted by Crippen LogP contribution is 2.32. The van der Waals surface area contributed by atoms with Gasteiger partial charge in [-0.2, -0.15) is 0 Å². The summed E-state index contributed by atoms with van der Waals surface area (Å²) in [4.78, 5) is 36.7. The minimum absolute atomic E-state index is 0.0629. The van der Waals surface area contributed by atoms with Gasteiger partial charge < -0.3 is 20.3 Å². The van der Waals surface area contributed by atoms with Crippen molar-refractivity contribution in [2.45, 2.75) is 45.1 Å². The number of nitrogens with one attached hydrogen (secondary N) is 2. The summed E-state index contributed by atoms with van der Waals surface area (Å²) in [5.74, 6) is -0.429. The predicted octanol–water partition coefficient (Wildman–Crippen LogP) is 4.73. The Labute approximate surface area is 192 Å². The first-order valence-electron chi connectivity index (χ1n) is 10.9. The van der Waals surface area contributed by atoms with E-state index in [1.165, 1.54) is 17.0 Å². The summed E-state index contributed by atoms with van der Waals surface area (Å²) in [5, 5.41) is 12.7. The van der Waals surface area contributed by atoms with Crippen molar-refractivity contribution in [2.24, 2.45) is 0 Å². The van der Waals surface area contributed by atoms with Crippen LogP contribution in [0.3, 0.4) is 0 Å². The normalized spacial score (nSPS) is 15.6. The van der Waals surface area contributed by atoms with Crippen LogP contribution in [-0.2, 0) is 0 Å². The first kappa shape index (κ1) is 23.5. The fourth-order valence-electron chi connectivity index (χ4n) is 4.36. The van der Waals surface area contributed by atoms with E-state index in [0.29, 0.717) is 54.2 Å². The van der Waals surface area contributed by atoms with Crippen LogP contribution in [0.15, 0.2) is 29.1 Å². The van der Waals surface area contributed by atoms with Gasteiger partial charge in [0.1, 0.15) is 23.1 Å². The van der Waals surface area contributed by atoms with Crippen molar-refractivity contribution in [1.82, 2.24) is 19.9 Å². The number of amides is 1. The van der Waals surface area contributed by atoms with E-state index in [4.69, 9.17) is 5.11 Å². The fraction of sp³-hybridized carbons (Fsp3) is 0.391. The van der Waals surface area contributed by atoms with Crippen LogP contribution in [0, 0.1) is 12.7 Å². The Morgan fingerprint density at radius 3 is 2.56 bits per heavy atom. The molecule has 0 radical (unpaired) electrons. The molecule has 0 spiro atoms. The number of fused-ring (bicyclic) bond motifs is 1. The van der Waals surface area contributed by atoms with Crippen molar-refractivity contribution in [3.8, 4) is 0 Å². The molecule has 1 aliphatic rings. The molecule has 0 bridgehead atoms. The molecule has 1 amide bonds. The number of aromatic amines is 1.